The molecule has 8 nitrogen and oxygen atoms in total. The van der Waals surface area contributed by atoms with Gasteiger partial charge < -0.3 is 19.5 Å². The van der Waals surface area contributed by atoms with Crippen molar-refractivity contribution in [3.05, 3.63) is 107 Å². The van der Waals surface area contributed by atoms with Crippen molar-refractivity contribution in [1.82, 2.24) is 9.78 Å². The highest BCUT2D eigenvalue weighted by Crippen LogP contribution is 2.19. The van der Waals surface area contributed by atoms with Crippen molar-refractivity contribution < 1.29 is 23.8 Å². The number of anilines is 1. The maximum atomic E-state index is 12.7. The van der Waals surface area contributed by atoms with E-state index in [-0.39, 0.29) is 5.91 Å². The summed E-state index contributed by atoms with van der Waals surface area (Å²) in [6.45, 7) is 0.748. The molecular weight excluding hydrogens is 446 g/mol. The first kappa shape index (κ1) is 23.6. The third-order valence-corrected chi connectivity index (χ3v) is 5.33. The van der Waals surface area contributed by atoms with Crippen LogP contribution in [0.15, 0.2) is 85.2 Å². The van der Waals surface area contributed by atoms with E-state index in [4.69, 9.17) is 14.2 Å². The van der Waals surface area contributed by atoms with E-state index in [1.54, 1.807) is 48.5 Å². The number of nitrogens with zero attached hydrogens (tertiary/aromatic N) is 2. The van der Waals surface area contributed by atoms with Crippen molar-refractivity contribution in [2.75, 3.05) is 19.5 Å². The molecule has 0 fully saturated rings. The molecule has 0 bridgehead atoms. The van der Waals surface area contributed by atoms with Crippen LogP contribution in [0.5, 0.6) is 11.5 Å². The fraction of sp³-hybridized carbons (Fsp3) is 0.148. The summed E-state index contributed by atoms with van der Waals surface area (Å²) in [6.07, 6.45) is 3.28. The van der Waals surface area contributed by atoms with Gasteiger partial charge in [0.25, 0.3) is 5.91 Å². The van der Waals surface area contributed by atoms with Gasteiger partial charge in [0.2, 0.25) is 0 Å². The Hall–Kier alpha value is -4.59. The number of carbonyl (C=O) groups is 2. The molecule has 8 heteroatoms. The second kappa shape index (κ2) is 11.0. The van der Waals surface area contributed by atoms with Crippen molar-refractivity contribution >= 4 is 17.6 Å². The molecule has 35 heavy (non-hydrogen) atoms. The number of ether oxygens (including phenoxy) is 3. The Morgan fingerprint density at radius 3 is 2.34 bits per heavy atom. The lowest BCUT2D eigenvalue weighted by atomic mass is 10.1. The molecule has 3 aromatic carbocycles. The number of hydrogen-bond acceptors (Lipinski definition) is 6. The van der Waals surface area contributed by atoms with Gasteiger partial charge in [-0.3, -0.25) is 9.48 Å². The average molecular weight is 472 g/mol. The summed E-state index contributed by atoms with van der Waals surface area (Å²) < 4.78 is 17.4. The number of nitrogens with one attached hydrogen (secondary N) is 1. The van der Waals surface area contributed by atoms with E-state index in [1.165, 1.54) is 7.11 Å². The van der Waals surface area contributed by atoms with Gasteiger partial charge in [-0.1, -0.05) is 30.3 Å². The second-order valence-electron chi connectivity index (χ2n) is 7.69. The summed E-state index contributed by atoms with van der Waals surface area (Å²) in [5.74, 6) is 0.851. The average Bonchev–Trinajstić information content (AvgIpc) is 3.34. The number of methoxy groups -OCH3 is 2. The van der Waals surface area contributed by atoms with Crippen LogP contribution >= 0.6 is 0 Å². The van der Waals surface area contributed by atoms with Crippen molar-refractivity contribution in [1.29, 1.82) is 0 Å². The summed E-state index contributed by atoms with van der Waals surface area (Å²) >= 11 is 0. The van der Waals surface area contributed by atoms with Crippen molar-refractivity contribution in [2.45, 2.75) is 13.2 Å². The van der Waals surface area contributed by atoms with Gasteiger partial charge >= 0.3 is 5.97 Å². The Morgan fingerprint density at radius 2 is 1.63 bits per heavy atom. The quantitative estimate of drug-likeness (QED) is 0.360. The Kier molecular flexibility index (Phi) is 7.42. The van der Waals surface area contributed by atoms with Gasteiger partial charge in [0.1, 0.15) is 18.1 Å². The molecule has 1 N–H and O–H groups in total. The fourth-order valence-electron chi connectivity index (χ4n) is 3.45. The van der Waals surface area contributed by atoms with Gasteiger partial charge in [-0.2, -0.15) is 5.10 Å². The van der Waals surface area contributed by atoms with Crippen molar-refractivity contribution in [2.24, 2.45) is 0 Å². The maximum absolute atomic E-state index is 12.7. The zero-order valence-corrected chi connectivity index (χ0v) is 19.4. The van der Waals surface area contributed by atoms with E-state index >= 15 is 0 Å². The number of hydrogen-bond donors (Lipinski definition) is 1. The van der Waals surface area contributed by atoms with Crippen LogP contribution in [0.4, 0.5) is 5.69 Å². The minimum atomic E-state index is -0.404. The van der Waals surface area contributed by atoms with E-state index in [0.717, 1.165) is 22.6 Å². The predicted octanol–water partition coefficient (Wildman–Crippen LogP) is 4.56. The lowest BCUT2D eigenvalue weighted by Crippen LogP contribution is -2.12. The number of amides is 1. The molecule has 0 unspecified atom stereocenters. The third kappa shape index (κ3) is 6.05. The number of benzene rings is 3. The molecular formula is C27H25N3O5. The molecule has 0 radical (unpaired) electrons. The van der Waals surface area contributed by atoms with Crippen LogP contribution in [0.2, 0.25) is 0 Å². The first-order chi connectivity index (χ1) is 17.1. The number of esters is 1. The minimum Gasteiger partial charge on any atom is -0.497 e. The lowest BCUT2D eigenvalue weighted by Gasteiger charge is -2.08. The molecule has 0 aliphatic rings. The first-order valence-electron chi connectivity index (χ1n) is 10.9. The summed E-state index contributed by atoms with van der Waals surface area (Å²) in [5, 5.41) is 7.13. The van der Waals surface area contributed by atoms with E-state index in [2.05, 4.69) is 10.4 Å². The van der Waals surface area contributed by atoms with Gasteiger partial charge in [0, 0.05) is 11.8 Å². The van der Waals surface area contributed by atoms with Crippen LogP contribution < -0.4 is 14.8 Å². The first-order valence-corrected chi connectivity index (χ1v) is 10.9. The summed E-state index contributed by atoms with van der Waals surface area (Å²) in [4.78, 5) is 24.6. The minimum absolute atomic E-state index is 0.248. The van der Waals surface area contributed by atoms with Crippen LogP contribution in [0.25, 0.3) is 0 Å². The smallest absolute Gasteiger partial charge is 0.338 e. The van der Waals surface area contributed by atoms with Gasteiger partial charge in [-0.25, -0.2) is 4.79 Å². The highest BCUT2D eigenvalue weighted by atomic mass is 16.5. The lowest BCUT2D eigenvalue weighted by molar-refractivity contribution is 0.0599. The molecule has 1 aromatic heterocycles. The number of aromatic nitrogens is 2. The standard InChI is InChI=1S/C27H25N3O5/c1-33-23-11-13-24(14-12-23)35-18-19-7-9-20(10-8-19)26(31)29-22-15-28-30(17-22)16-21-5-3-4-6-25(21)27(32)34-2/h3-15,17H,16,18H2,1-2H3,(H,29,31). The van der Waals surface area contributed by atoms with E-state index in [0.29, 0.717) is 30.0 Å². The van der Waals surface area contributed by atoms with Gasteiger partial charge in [-0.05, 0) is 53.6 Å². The molecule has 0 atom stereocenters. The molecule has 0 saturated heterocycles. The van der Waals surface area contributed by atoms with E-state index < -0.39 is 5.97 Å². The van der Waals surface area contributed by atoms with Crippen LogP contribution in [0.3, 0.4) is 0 Å². The fourth-order valence-corrected chi connectivity index (χ4v) is 3.45. The molecule has 4 aromatic rings. The highest BCUT2D eigenvalue weighted by molar-refractivity contribution is 6.04. The molecule has 0 aliphatic carbocycles. The SMILES string of the molecule is COC(=O)c1ccccc1Cn1cc(NC(=O)c2ccc(COc3ccc(OC)cc3)cc2)cn1. The Balaban J connectivity index is 1.33. The predicted molar refractivity (Wildman–Crippen MR) is 131 cm³/mol. The Bertz CT molecular complexity index is 1300. The molecule has 4 rings (SSSR count). The molecule has 0 aliphatic heterocycles. The van der Waals surface area contributed by atoms with Crippen molar-refractivity contribution in [3.8, 4) is 11.5 Å². The zero-order valence-electron chi connectivity index (χ0n) is 19.4. The topological polar surface area (TPSA) is 91.7 Å². The van der Waals surface area contributed by atoms with Gasteiger partial charge in [0.15, 0.2) is 0 Å². The Labute approximate surface area is 203 Å². The summed E-state index contributed by atoms with van der Waals surface area (Å²) in [7, 11) is 2.97. The third-order valence-electron chi connectivity index (χ3n) is 5.33. The number of carbonyl (C=O) groups excluding carboxylic acids is 2. The van der Waals surface area contributed by atoms with Crippen LogP contribution in [-0.2, 0) is 17.9 Å². The normalized spacial score (nSPS) is 10.5. The van der Waals surface area contributed by atoms with Crippen LogP contribution in [-0.4, -0.2) is 35.9 Å². The highest BCUT2D eigenvalue weighted by Gasteiger charge is 2.13. The van der Waals surface area contributed by atoms with Crippen molar-refractivity contribution in [3.63, 3.8) is 0 Å². The molecule has 1 heterocycles. The number of rotatable bonds is 9. The summed E-state index contributed by atoms with van der Waals surface area (Å²) in [6, 6.07) is 21.7. The van der Waals surface area contributed by atoms with Gasteiger partial charge in [-0.15, -0.1) is 0 Å². The van der Waals surface area contributed by atoms with Crippen LogP contribution in [0, 0.1) is 0 Å². The maximum Gasteiger partial charge on any atom is 0.338 e. The van der Waals surface area contributed by atoms with E-state index in [1.807, 2.05) is 48.5 Å². The zero-order chi connectivity index (χ0) is 24.6. The Morgan fingerprint density at radius 1 is 0.914 bits per heavy atom. The summed E-state index contributed by atoms with van der Waals surface area (Å²) in [5.41, 5.74) is 3.26. The second-order valence-corrected chi connectivity index (χ2v) is 7.69. The van der Waals surface area contributed by atoms with E-state index in [9.17, 15) is 9.59 Å². The molecule has 0 saturated carbocycles. The largest absolute Gasteiger partial charge is 0.497 e. The molecule has 178 valence electrons. The molecule has 1 amide bonds. The molecule has 0 spiro atoms. The monoisotopic (exact) mass is 471 g/mol. The van der Waals surface area contributed by atoms with Gasteiger partial charge in [0.05, 0.1) is 38.2 Å². The van der Waals surface area contributed by atoms with Crippen LogP contribution in [0.1, 0.15) is 31.8 Å².